The SMILES string of the molecule is CCCCC/C=C\C/C=C\CCCCCCCC(=O)OCCCCCC(C(=O)NCC(=O)OC(C)(C)C)N(CCN1CCCN(C)CC1)C(=O)CCCCC(=O)OC(CCCCCCCC)CCCCCCCC. The summed E-state index contributed by atoms with van der Waals surface area (Å²) in [5.74, 6) is -1.40. The molecule has 0 aromatic carbocycles. The second-order valence-electron chi connectivity index (χ2n) is 22.4. The lowest BCUT2D eigenvalue weighted by Crippen LogP contribution is -2.53. The van der Waals surface area contributed by atoms with Gasteiger partial charge in [-0.2, -0.15) is 0 Å². The molecule has 0 saturated carbocycles. The van der Waals surface area contributed by atoms with E-state index in [1.54, 1.807) is 25.7 Å². The molecular formula is C62H114N4O8. The number of nitrogens with one attached hydrogen (secondary N) is 1. The standard InChI is InChI=1S/C62H114N4O8/c1-8-11-14-17-20-21-22-23-24-25-26-27-28-31-36-45-58(68)72-53-39-32-35-43-56(61(71)63-54-60(70)74-62(4,5)6)66(52-51-65-48-40-47-64(7)49-50-65)57(67)44-37-38-46-59(69)73-55(41-33-29-18-15-12-9-2)42-34-30-19-16-13-10-3/h20-21,23-24,55-56H,8-19,22,25-54H2,1-7H3,(H,63,71)/b21-20-,24-23-. The van der Waals surface area contributed by atoms with Crippen LogP contribution in [-0.4, -0.2) is 122 Å². The van der Waals surface area contributed by atoms with Gasteiger partial charge in [-0.1, -0.05) is 148 Å². The van der Waals surface area contributed by atoms with E-state index in [1.165, 1.54) is 103 Å². The van der Waals surface area contributed by atoms with Crippen LogP contribution in [0.1, 0.15) is 266 Å². The predicted octanol–water partition coefficient (Wildman–Crippen LogP) is 14.2. The molecule has 430 valence electrons. The van der Waals surface area contributed by atoms with Crippen molar-refractivity contribution in [2.45, 2.75) is 284 Å². The lowest BCUT2D eigenvalue weighted by Gasteiger charge is -2.33. The molecule has 1 aliphatic rings. The van der Waals surface area contributed by atoms with Crippen molar-refractivity contribution in [3.63, 3.8) is 0 Å². The number of hydrogen-bond acceptors (Lipinski definition) is 10. The van der Waals surface area contributed by atoms with Gasteiger partial charge in [0.05, 0.1) is 6.61 Å². The summed E-state index contributed by atoms with van der Waals surface area (Å²) in [5.41, 5.74) is -0.703. The predicted molar refractivity (Wildman–Crippen MR) is 306 cm³/mol. The maximum Gasteiger partial charge on any atom is 0.325 e. The molecule has 74 heavy (non-hydrogen) atoms. The minimum Gasteiger partial charge on any atom is -0.466 e. The van der Waals surface area contributed by atoms with Gasteiger partial charge in [-0.15, -0.1) is 0 Å². The van der Waals surface area contributed by atoms with Crippen molar-refractivity contribution in [1.29, 1.82) is 0 Å². The summed E-state index contributed by atoms with van der Waals surface area (Å²) in [4.78, 5) is 73.5. The van der Waals surface area contributed by atoms with Gasteiger partial charge in [-0.3, -0.25) is 24.0 Å². The van der Waals surface area contributed by atoms with Crippen LogP contribution in [0.5, 0.6) is 0 Å². The third-order valence-electron chi connectivity index (χ3n) is 14.1. The van der Waals surface area contributed by atoms with E-state index >= 15 is 0 Å². The molecule has 12 nitrogen and oxygen atoms in total. The van der Waals surface area contributed by atoms with Crippen LogP contribution in [0, 0.1) is 0 Å². The molecule has 1 unspecified atom stereocenters. The summed E-state index contributed by atoms with van der Waals surface area (Å²) in [7, 11) is 2.13. The van der Waals surface area contributed by atoms with Crippen LogP contribution in [0.4, 0.5) is 0 Å². The molecule has 12 heteroatoms. The maximum atomic E-state index is 14.4. The van der Waals surface area contributed by atoms with Crippen molar-refractivity contribution in [3.05, 3.63) is 24.3 Å². The Bertz CT molecular complexity index is 1460. The Hall–Kier alpha value is -3.25. The van der Waals surface area contributed by atoms with E-state index in [9.17, 15) is 24.0 Å². The highest BCUT2D eigenvalue weighted by atomic mass is 16.6. The number of carbonyl (C=O) groups is 5. The third kappa shape index (κ3) is 41.0. The van der Waals surface area contributed by atoms with Crippen LogP contribution >= 0.6 is 0 Å². The lowest BCUT2D eigenvalue weighted by molar-refractivity contribution is -0.155. The molecule has 0 bridgehead atoms. The number of rotatable bonds is 47. The lowest BCUT2D eigenvalue weighted by atomic mass is 10.0. The summed E-state index contributed by atoms with van der Waals surface area (Å²) < 4.78 is 17.2. The van der Waals surface area contributed by atoms with E-state index in [0.717, 1.165) is 90.4 Å². The van der Waals surface area contributed by atoms with Crippen molar-refractivity contribution in [2.24, 2.45) is 0 Å². The molecule has 1 heterocycles. The molecular weight excluding hydrogens is 929 g/mol. The van der Waals surface area contributed by atoms with Crippen LogP contribution < -0.4 is 5.32 Å². The van der Waals surface area contributed by atoms with E-state index < -0.39 is 17.6 Å². The maximum absolute atomic E-state index is 14.4. The Morgan fingerprint density at radius 2 is 1.09 bits per heavy atom. The van der Waals surface area contributed by atoms with Gasteiger partial charge < -0.3 is 34.2 Å². The Kier molecular flexibility index (Phi) is 43.7. The van der Waals surface area contributed by atoms with Gasteiger partial charge >= 0.3 is 17.9 Å². The molecule has 2 amide bonds. The number of ether oxygens (including phenoxy) is 3. The monoisotopic (exact) mass is 1040 g/mol. The first-order valence-electron chi connectivity index (χ1n) is 30.6. The second-order valence-corrected chi connectivity index (χ2v) is 22.4. The first kappa shape index (κ1) is 68.8. The van der Waals surface area contributed by atoms with Gasteiger partial charge in [0.25, 0.3) is 0 Å². The highest BCUT2D eigenvalue weighted by Crippen LogP contribution is 2.20. The molecule has 0 spiro atoms. The number of nitrogens with zero attached hydrogens (tertiary/aromatic N) is 3. The van der Waals surface area contributed by atoms with Gasteiger partial charge in [0.15, 0.2) is 0 Å². The molecule has 1 N–H and O–H groups in total. The van der Waals surface area contributed by atoms with Gasteiger partial charge in [0, 0.05) is 45.4 Å². The molecule has 0 aliphatic carbocycles. The van der Waals surface area contributed by atoms with E-state index in [1.807, 2.05) is 0 Å². The summed E-state index contributed by atoms with van der Waals surface area (Å²) in [6.45, 7) is 16.8. The zero-order chi connectivity index (χ0) is 54.3. The van der Waals surface area contributed by atoms with Crippen LogP contribution in [0.3, 0.4) is 0 Å². The third-order valence-corrected chi connectivity index (χ3v) is 14.1. The summed E-state index contributed by atoms with van der Waals surface area (Å²) in [5, 5.41) is 2.81. The first-order chi connectivity index (χ1) is 35.8. The molecule has 1 atom stereocenters. The second kappa shape index (κ2) is 47.0. The molecule has 0 aromatic heterocycles. The Labute approximate surface area is 454 Å². The van der Waals surface area contributed by atoms with Crippen LogP contribution in [0.25, 0.3) is 0 Å². The van der Waals surface area contributed by atoms with Gasteiger partial charge in [0.2, 0.25) is 11.8 Å². The zero-order valence-corrected chi connectivity index (χ0v) is 49.0. The van der Waals surface area contributed by atoms with Crippen LogP contribution in [-0.2, 0) is 38.2 Å². The number of allylic oxidation sites excluding steroid dienone is 4. The molecule has 1 aliphatic heterocycles. The fourth-order valence-corrected chi connectivity index (χ4v) is 9.57. The van der Waals surface area contributed by atoms with E-state index in [4.69, 9.17) is 14.2 Å². The van der Waals surface area contributed by atoms with Crippen molar-refractivity contribution in [3.8, 4) is 0 Å². The van der Waals surface area contributed by atoms with E-state index in [2.05, 4.69) is 67.2 Å². The fraction of sp³-hybridized carbons (Fsp3) is 0.855. The average Bonchev–Trinajstić information content (AvgIpc) is 3.58. The van der Waals surface area contributed by atoms with Crippen LogP contribution in [0.15, 0.2) is 24.3 Å². The van der Waals surface area contributed by atoms with Crippen molar-refractivity contribution in [1.82, 2.24) is 20.0 Å². The average molecular weight is 1040 g/mol. The number of carbonyl (C=O) groups excluding carboxylic acids is 5. The van der Waals surface area contributed by atoms with Crippen molar-refractivity contribution >= 4 is 29.7 Å². The highest BCUT2D eigenvalue weighted by Gasteiger charge is 2.31. The van der Waals surface area contributed by atoms with E-state index in [-0.39, 0.29) is 49.2 Å². The summed E-state index contributed by atoms with van der Waals surface area (Å²) >= 11 is 0. The Balaban J connectivity index is 2.85. The van der Waals surface area contributed by atoms with Crippen LogP contribution in [0.2, 0.25) is 0 Å². The first-order valence-corrected chi connectivity index (χ1v) is 30.6. The fourth-order valence-electron chi connectivity index (χ4n) is 9.57. The largest absolute Gasteiger partial charge is 0.466 e. The summed E-state index contributed by atoms with van der Waals surface area (Å²) in [6, 6.07) is -0.796. The summed E-state index contributed by atoms with van der Waals surface area (Å²) in [6.07, 6.45) is 43.2. The molecule has 1 rings (SSSR count). The number of hydrogen-bond donors (Lipinski definition) is 1. The molecule has 0 aromatic rings. The molecule has 0 radical (unpaired) electrons. The van der Waals surface area contributed by atoms with Crippen molar-refractivity contribution in [2.75, 3.05) is 59.5 Å². The van der Waals surface area contributed by atoms with Gasteiger partial charge in [0.1, 0.15) is 24.3 Å². The smallest absolute Gasteiger partial charge is 0.325 e. The Morgan fingerprint density at radius 3 is 1.74 bits per heavy atom. The Morgan fingerprint density at radius 1 is 0.568 bits per heavy atom. The number of likely N-dealkylation sites (N-methyl/N-ethyl adjacent to an activating group) is 1. The van der Waals surface area contributed by atoms with Crippen molar-refractivity contribution < 1.29 is 38.2 Å². The minimum atomic E-state index is -0.796. The van der Waals surface area contributed by atoms with E-state index in [0.29, 0.717) is 64.6 Å². The van der Waals surface area contributed by atoms with Gasteiger partial charge in [-0.05, 0) is 144 Å². The number of esters is 3. The topological polar surface area (TPSA) is 135 Å². The quantitative estimate of drug-likeness (QED) is 0.0272. The number of unbranched alkanes of at least 4 members (excludes halogenated alkanes) is 21. The normalized spacial score (nSPS) is 14.2. The number of amides is 2. The zero-order valence-electron chi connectivity index (χ0n) is 49.0. The molecule has 1 saturated heterocycles. The van der Waals surface area contributed by atoms with Gasteiger partial charge in [-0.25, -0.2) is 0 Å². The molecule has 1 fully saturated rings. The highest BCUT2D eigenvalue weighted by molar-refractivity contribution is 5.89. The minimum absolute atomic E-state index is 0.0524.